The minimum atomic E-state index is -3.79. The summed E-state index contributed by atoms with van der Waals surface area (Å²) >= 11 is 0. The molecule has 7 heteroatoms. The van der Waals surface area contributed by atoms with Gasteiger partial charge in [-0.2, -0.15) is 12.8 Å². The van der Waals surface area contributed by atoms with Crippen molar-refractivity contribution in [1.29, 1.82) is 0 Å². The molecule has 88 valence electrons. The van der Waals surface area contributed by atoms with Crippen LogP contribution in [-0.2, 0) is 14.8 Å². The summed E-state index contributed by atoms with van der Waals surface area (Å²) in [5.74, 6) is -0.450. The van der Waals surface area contributed by atoms with Gasteiger partial charge in [-0.05, 0) is 12.8 Å². The number of rotatable bonds is 2. The molecule has 3 N–H and O–H groups in total. The van der Waals surface area contributed by atoms with Crippen LogP contribution in [0.25, 0.3) is 0 Å². The second kappa shape index (κ2) is 3.89. The number of sulfonamides is 1. The first kappa shape index (κ1) is 11.1. The Balaban J connectivity index is 2.11. The lowest BCUT2D eigenvalue weighted by atomic mass is 10.2. The Morgan fingerprint density at radius 3 is 2.56 bits per heavy atom. The van der Waals surface area contributed by atoms with E-state index in [1.54, 1.807) is 0 Å². The number of nitrogens with one attached hydrogen (secondary N) is 1. The van der Waals surface area contributed by atoms with Crippen molar-refractivity contribution in [3.05, 3.63) is 10.6 Å². The van der Waals surface area contributed by atoms with Crippen LogP contribution in [0.15, 0.2) is 15.0 Å². The van der Waals surface area contributed by atoms with E-state index in [2.05, 4.69) is 9.71 Å². The van der Waals surface area contributed by atoms with Gasteiger partial charge in [0.15, 0.2) is 5.03 Å². The summed E-state index contributed by atoms with van der Waals surface area (Å²) in [6.45, 7) is 0. The van der Waals surface area contributed by atoms with E-state index >= 15 is 0 Å². The van der Waals surface area contributed by atoms with Gasteiger partial charge in [0.2, 0.25) is 0 Å². The van der Waals surface area contributed by atoms with Crippen molar-refractivity contribution in [3.63, 3.8) is 0 Å². The number of hydrogen-bond donors (Lipinski definition) is 2. The number of hydrogen-bond acceptors (Lipinski definition) is 4. The number of nitrogens with zero attached hydrogens (tertiary/aromatic N) is 1. The van der Waals surface area contributed by atoms with Gasteiger partial charge in [-0.1, -0.05) is 12.8 Å². The number of carbonyl (C=O) groups excluding carboxylic acids is 1. The molecule has 16 heavy (non-hydrogen) atoms. The van der Waals surface area contributed by atoms with Crippen LogP contribution < -0.4 is 11.1 Å². The number of nitrogens with two attached hydrogens (primary N) is 1. The molecule has 0 spiro atoms. The predicted octanol–water partition coefficient (Wildman–Crippen LogP) is -0.370. The zero-order valence-electron chi connectivity index (χ0n) is 8.64. The Hall–Kier alpha value is -1.37. The first-order chi connectivity index (χ1) is 7.50. The quantitative estimate of drug-likeness (QED) is 0.690. The van der Waals surface area contributed by atoms with Crippen LogP contribution >= 0.6 is 0 Å². The summed E-state index contributed by atoms with van der Waals surface area (Å²) in [5, 5.41) is 2.30. The van der Waals surface area contributed by atoms with Crippen molar-refractivity contribution in [2.24, 2.45) is 10.1 Å². The van der Waals surface area contributed by atoms with Gasteiger partial charge in [0, 0.05) is 6.04 Å². The highest BCUT2D eigenvalue weighted by atomic mass is 32.2. The lowest BCUT2D eigenvalue weighted by Gasteiger charge is -2.11. The van der Waals surface area contributed by atoms with Crippen molar-refractivity contribution in [1.82, 2.24) is 5.32 Å². The van der Waals surface area contributed by atoms with Crippen molar-refractivity contribution in [2.45, 2.75) is 31.7 Å². The molecule has 2 aliphatic rings. The average Bonchev–Trinajstić information content (AvgIpc) is 2.77. The standard InChI is InChI=1S/C9H13N3O3S/c10-8-7(5-11-16(8,14)15)9(13)12-6-3-1-2-4-6/h5-6H,1-4,10H2,(H,12,13). The topological polar surface area (TPSA) is 102 Å². The van der Waals surface area contributed by atoms with E-state index in [0.29, 0.717) is 0 Å². The summed E-state index contributed by atoms with van der Waals surface area (Å²) < 4.78 is 25.5. The number of carbonyl (C=O) groups is 1. The van der Waals surface area contributed by atoms with Crippen molar-refractivity contribution < 1.29 is 13.2 Å². The average molecular weight is 243 g/mol. The zero-order chi connectivity index (χ0) is 11.8. The lowest BCUT2D eigenvalue weighted by molar-refractivity contribution is -0.117. The fourth-order valence-electron chi connectivity index (χ4n) is 1.89. The normalized spacial score (nSPS) is 24.0. The van der Waals surface area contributed by atoms with Crippen LogP contribution in [0.3, 0.4) is 0 Å². The third kappa shape index (κ3) is 1.95. The van der Waals surface area contributed by atoms with Crippen LogP contribution in [-0.4, -0.2) is 26.6 Å². The molecule has 1 aliphatic carbocycles. The molecule has 1 amide bonds. The van der Waals surface area contributed by atoms with Crippen molar-refractivity contribution >= 4 is 22.1 Å². The van der Waals surface area contributed by atoms with E-state index in [0.717, 1.165) is 31.9 Å². The van der Waals surface area contributed by atoms with Crippen LogP contribution in [0.4, 0.5) is 0 Å². The fraction of sp³-hybridized carbons (Fsp3) is 0.556. The first-order valence-electron chi connectivity index (χ1n) is 5.11. The van der Waals surface area contributed by atoms with Crippen LogP contribution in [0.1, 0.15) is 25.7 Å². The van der Waals surface area contributed by atoms with Gasteiger partial charge in [-0.15, -0.1) is 0 Å². The summed E-state index contributed by atoms with van der Waals surface area (Å²) in [6.07, 6.45) is 5.05. The molecule has 2 rings (SSSR count). The Morgan fingerprint density at radius 2 is 2.06 bits per heavy atom. The predicted molar refractivity (Wildman–Crippen MR) is 59.0 cm³/mol. The van der Waals surface area contributed by atoms with Gasteiger partial charge >= 0.3 is 0 Å². The minimum Gasteiger partial charge on any atom is -0.387 e. The molecular weight excluding hydrogens is 230 g/mol. The molecule has 6 nitrogen and oxygen atoms in total. The van der Waals surface area contributed by atoms with E-state index in [1.165, 1.54) is 0 Å². The fourth-order valence-corrected chi connectivity index (χ4v) is 2.67. The molecule has 1 aliphatic heterocycles. The van der Waals surface area contributed by atoms with Gasteiger partial charge in [-0.25, -0.2) is 0 Å². The van der Waals surface area contributed by atoms with Crippen LogP contribution in [0.2, 0.25) is 0 Å². The highest BCUT2D eigenvalue weighted by Gasteiger charge is 2.28. The Morgan fingerprint density at radius 1 is 1.44 bits per heavy atom. The molecule has 1 saturated carbocycles. The molecule has 1 heterocycles. The van der Waals surface area contributed by atoms with Crippen molar-refractivity contribution in [2.75, 3.05) is 0 Å². The molecule has 0 saturated heterocycles. The maximum atomic E-state index is 11.7. The van der Waals surface area contributed by atoms with E-state index in [4.69, 9.17) is 5.73 Å². The van der Waals surface area contributed by atoms with Gasteiger partial charge in [0.25, 0.3) is 15.9 Å². The van der Waals surface area contributed by atoms with Gasteiger partial charge < -0.3 is 11.1 Å². The molecular formula is C9H13N3O3S. The van der Waals surface area contributed by atoms with Gasteiger partial charge in [-0.3, -0.25) is 4.79 Å². The molecule has 0 aromatic rings. The molecule has 0 aromatic carbocycles. The highest BCUT2D eigenvalue weighted by Crippen LogP contribution is 2.19. The largest absolute Gasteiger partial charge is 0.387 e. The van der Waals surface area contributed by atoms with Gasteiger partial charge in [0.05, 0.1) is 11.8 Å². The molecule has 0 bridgehead atoms. The second-order valence-electron chi connectivity index (χ2n) is 3.94. The summed E-state index contributed by atoms with van der Waals surface area (Å²) in [4.78, 5) is 11.7. The molecule has 0 radical (unpaired) electrons. The van der Waals surface area contributed by atoms with Crippen LogP contribution in [0.5, 0.6) is 0 Å². The van der Waals surface area contributed by atoms with Gasteiger partial charge in [0.1, 0.15) is 0 Å². The molecule has 1 fully saturated rings. The third-order valence-electron chi connectivity index (χ3n) is 2.80. The maximum Gasteiger partial charge on any atom is 0.298 e. The SMILES string of the molecule is NC1=C(C(=O)NC2CCCC2)C=NS1(=O)=O. The zero-order valence-corrected chi connectivity index (χ0v) is 9.46. The lowest BCUT2D eigenvalue weighted by Crippen LogP contribution is -2.34. The monoisotopic (exact) mass is 243 g/mol. The number of amides is 1. The molecule has 0 unspecified atom stereocenters. The van der Waals surface area contributed by atoms with Crippen molar-refractivity contribution in [3.8, 4) is 0 Å². The Labute approximate surface area is 93.7 Å². The molecule has 0 atom stereocenters. The molecule has 0 aromatic heterocycles. The minimum absolute atomic E-state index is 0.0492. The maximum absolute atomic E-state index is 11.7. The Kier molecular flexibility index (Phi) is 2.71. The highest BCUT2D eigenvalue weighted by molar-refractivity contribution is 7.94. The van der Waals surface area contributed by atoms with E-state index in [9.17, 15) is 13.2 Å². The summed E-state index contributed by atoms with van der Waals surface area (Å²) in [5.41, 5.74) is 5.29. The van der Waals surface area contributed by atoms with E-state index in [-0.39, 0.29) is 11.6 Å². The first-order valence-corrected chi connectivity index (χ1v) is 6.55. The van der Waals surface area contributed by atoms with E-state index in [1.807, 2.05) is 0 Å². The smallest absolute Gasteiger partial charge is 0.298 e. The van der Waals surface area contributed by atoms with E-state index < -0.39 is 21.0 Å². The second-order valence-corrected chi connectivity index (χ2v) is 5.54. The summed E-state index contributed by atoms with van der Waals surface area (Å²) in [7, 11) is -3.79. The van der Waals surface area contributed by atoms with Crippen LogP contribution in [0, 0.1) is 0 Å². The Bertz CT molecular complexity index is 472. The summed E-state index contributed by atoms with van der Waals surface area (Å²) in [6, 6.07) is 0.129. The third-order valence-corrected chi connectivity index (χ3v) is 3.96.